The van der Waals surface area contributed by atoms with Crippen molar-refractivity contribution in [1.29, 1.82) is 0 Å². The molecule has 90 valence electrons. The third kappa shape index (κ3) is 1.97. The Bertz CT molecular complexity index is 566. The van der Waals surface area contributed by atoms with Gasteiger partial charge in [-0.3, -0.25) is 0 Å². The maximum atomic E-state index is 5.85. The lowest BCUT2D eigenvalue weighted by atomic mass is 10.4. The van der Waals surface area contributed by atoms with Crippen LogP contribution in [0.2, 0.25) is 0 Å². The van der Waals surface area contributed by atoms with Gasteiger partial charge >= 0.3 is 0 Å². The van der Waals surface area contributed by atoms with Crippen LogP contribution in [0.25, 0.3) is 11.2 Å². The number of pyridine rings is 1. The lowest BCUT2D eigenvalue weighted by Crippen LogP contribution is -2.04. The van der Waals surface area contributed by atoms with Crippen LogP contribution in [0, 0.1) is 5.92 Å². The second kappa shape index (κ2) is 4.25. The summed E-state index contributed by atoms with van der Waals surface area (Å²) < 4.78 is 3.24. The van der Waals surface area contributed by atoms with Crippen molar-refractivity contribution in [2.24, 2.45) is 5.92 Å². The normalized spacial score (nSPS) is 23.2. The number of aromatic nitrogens is 3. The highest BCUT2D eigenvalue weighted by Crippen LogP contribution is 2.45. The van der Waals surface area contributed by atoms with Crippen molar-refractivity contribution in [2.75, 3.05) is 5.88 Å². The smallest absolute Gasteiger partial charge is 0.160 e. The molecule has 0 radical (unpaired) electrons. The van der Waals surface area contributed by atoms with Gasteiger partial charge in [-0.25, -0.2) is 9.97 Å². The van der Waals surface area contributed by atoms with Crippen LogP contribution < -0.4 is 0 Å². The van der Waals surface area contributed by atoms with Crippen LogP contribution in [-0.2, 0) is 6.42 Å². The van der Waals surface area contributed by atoms with Gasteiger partial charge in [-0.2, -0.15) is 0 Å². The monoisotopic (exact) mass is 313 g/mol. The summed E-state index contributed by atoms with van der Waals surface area (Å²) in [5.74, 6) is 2.40. The van der Waals surface area contributed by atoms with Crippen LogP contribution in [0.5, 0.6) is 0 Å². The van der Waals surface area contributed by atoms with Gasteiger partial charge in [-0.1, -0.05) is 6.92 Å². The third-order valence-electron chi connectivity index (χ3n) is 3.29. The van der Waals surface area contributed by atoms with Gasteiger partial charge in [0.15, 0.2) is 5.65 Å². The minimum absolute atomic E-state index is 0.562. The van der Waals surface area contributed by atoms with E-state index in [0.29, 0.717) is 11.9 Å². The number of halogens is 2. The molecule has 0 aliphatic heterocycles. The van der Waals surface area contributed by atoms with Crippen LogP contribution in [0.4, 0.5) is 0 Å². The third-order valence-corrected chi connectivity index (χ3v) is 3.91. The SMILES string of the molecule is CC1CC1n1c(CCCl)nc2cc(Br)cnc21. The number of rotatable bonds is 3. The highest BCUT2D eigenvalue weighted by molar-refractivity contribution is 9.10. The summed E-state index contributed by atoms with van der Waals surface area (Å²) in [5.41, 5.74) is 1.95. The molecule has 1 fully saturated rings. The van der Waals surface area contributed by atoms with E-state index in [-0.39, 0.29) is 0 Å². The van der Waals surface area contributed by atoms with Crippen LogP contribution in [0.15, 0.2) is 16.7 Å². The van der Waals surface area contributed by atoms with E-state index in [1.165, 1.54) is 6.42 Å². The molecule has 1 aliphatic carbocycles. The molecule has 1 aliphatic rings. The number of alkyl halides is 1. The molecule has 0 saturated heterocycles. The maximum absolute atomic E-state index is 5.85. The average molecular weight is 315 g/mol. The molecule has 3 rings (SSSR count). The molecule has 2 heterocycles. The van der Waals surface area contributed by atoms with Crippen molar-refractivity contribution >= 4 is 38.7 Å². The Kier molecular flexibility index (Phi) is 2.87. The predicted molar refractivity (Wildman–Crippen MR) is 72.5 cm³/mol. The molecule has 2 atom stereocenters. The molecule has 3 nitrogen and oxygen atoms in total. The second-order valence-corrected chi connectivity index (χ2v) is 5.91. The standard InChI is InChI=1S/C12H13BrClN3/c1-7-4-10(7)17-11(2-3-14)16-9-5-8(13)6-15-12(9)17/h5-7,10H,2-4H2,1H3. The van der Waals surface area contributed by atoms with Crippen molar-refractivity contribution in [1.82, 2.24) is 14.5 Å². The van der Waals surface area contributed by atoms with Crippen LogP contribution in [-0.4, -0.2) is 20.4 Å². The number of fused-ring (bicyclic) bond motifs is 1. The molecular weight excluding hydrogens is 302 g/mol. The highest BCUT2D eigenvalue weighted by Gasteiger charge is 2.37. The lowest BCUT2D eigenvalue weighted by molar-refractivity contribution is 0.660. The number of hydrogen-bond acceptors (Lipinski definition) is 2. The van der Waals surface area contributed by atoms with Gasteiger partial charge in [0.25, 0.3) is 0 Å². The van der Waals surface area contributed by atoms with Gasteiger partial charge in [0.2, 0.25) is 0 Å². The van der Waals surface area contributed by atoms with E-state index in [1.807, 2.05) is 12.3 Å². The number of aryl methyl sites for hydroxylation is 1. The fraction of sp³-hybridized carbons (Fsp3) is 0.500. The summed E-state index contributed by atoms with van der Waals surface area (Å²) in [6, 6.07) is 2.58. The number of nitrogens with zero attached hydrogens (tertiary/aromatic N) is 3. The first kappa shape index (κ1) is 11.5. The topological polar surface area (TPSA) is 30.7 Å². The summed E-state index contributed by atoms with van der Waals surface area (Å²) in [7, 11) is 0. The lowest BCUT2D eigenvalue weighted by Gasteiger charge is -2.06. The van der Waals surface area contributed by atoms with Crippen LogP contribution in [0.1, 0.15) is 25.2 Å². The summed E-state index contributed by atoms with van der Waals surface area (Å²) in [5, 5.41) is 0. The Morgan fingerprint density at radius 2 is 2.35 bits per heavy atom. The van der Waals surface area contributed by atoms with E-state index in [1.54, 1.807) is 0 Å². The molecule has 0 spiro atoms. The fourth-order valence-corrected chi connectivity index (χ4v) is 2.76. The Balaban J connectivity index is 2.17. The first-order valence-corrected chi connectivity index (χ1v) is 7.11. The zero-order valence-corrected chi connectivity index (χ0v) is 11.9. The first-order chi connectivity index (χ1) is 8.20. The van der Waals surface area contributed by atoms with E-state index in [0.717, 1.165) is 33.8 Å². The number of imidazole rings is 1. The largest absolute Gasteiger partial charge is 0.309 e. The summed E-state index contributed by atoms with van der Waals surface area (Å²) in [6.45, 7) is 2.26. The van der Waals surface area contributed by atoms with Gasteiger partial charge in [0.1, 0.15) is 11.3 Å². The summed E-state index contributed by atoms with van der Waals surface area (Å²) >= 11 is 9.28. The molecule has 0 N–H and O–H groups in total. The van der Waals surface area contributed by atoms with Gasteiger partial charge in [0.05, 0.1) is 0 Å². The molecule has 5 heteroatoms. The first-order valence-electron chi connectivity index (χ1n) is 5.79. The van der Waals surface area contributed by atoms with Crippen molar-refractivity contribution in [3.8, 4) is 0 Å². The zero-order valence-electron chi connectivity index (χ0n) is 9.53. The Morgan fingerprint density at radius 3 is 3.00 bits per heavy atom. The van der Waals surface area contributed by atoms with Gasteiger partial charge in [0, 0.05) is 29.0 Å². The van der Waals surface area contributed by atoms with E-state index in [9.17, 15) is 0 Å². The molecule has 2 aromatic heterocycles. The highest BCUT2D eigenvalue weighted by atomic mass is 79.9. The van der Waals surface area contributed by atoms with E-state index in [4.69, 9.17) is 11.6 Å². The second-order valence-electron chi connectivity index (χ2n) is 4.61. The van der Waals surface area contributed by atoms with Gasteiger partial charge in [-0.05, 0) is 34.3 Å². The number of hydrogen-bond donors (Lipinski definition) is 0. The van der Waals surface area contributed by atoms with E-state index < -0.39 is 0 Å². The van der Waals surface area contributed by atoms with Crippen molar-refractivity contribution in [3.05, 3.63) is 22.6 Å². The molecule has 17 heavy (non-hydrogen) atoms. The molecule has 2 unspecified atom stereocenters. The maximum Gasteiger partial charge on any atom is 0.160 e. The van der Waals surface area contributed by atoms with Gasteiger partial charge < -0.3 is 4.57 Å². The zero-order chi connectivity index (χ0) is 12.0. The molecular formula is C12H13BrClN3. The van der Waals surface area contributed by atoms with Crippen molar-refractivity contribution in [3.63, 3.8) is 0 Å². The predicted octanol–water partition coefficient (Wildman–Crippen LogP) is 3.56. The molecule has 0 bridgehead atoms. The summed E-state index contributed by atoms with van der Waals surface area (Å²) in [4.78, 5) is 9.13. The summed E-state index contributed by atoms with van der Waals surface area (Å²) in [6.07, 6.45) is 3.86. The van der Waals surface area contributed by atoms with Crippen LogP contribution >= 0.6 is 27.5 Å². The Morgan fingerprint density at radius 1 is 1.59 bits per heavy atom. The molecule has 0 amide bonds. The van der Waals surface area contributed by atoms with Gasteiger partial charge in [-0.15, -0.1) is 11.6 Å². The molecule has 2 aromatic rings. The minimum atomic E-state index is 0.562. The fourth-order valence-electron chi connectivity index (χ4n) is 2.28. The van der Waals surface area contributed by atoms with E-state index >= 15 is 0 Å². The van der Waals surface area contributed by atoms with Crippen molar-refractivity contribution in [2.45, 2.75) is 25.8 Å². The van der Waals surface area contributed by atoms with E-state index in [2.05, 4.69) is 37.4 Å². The molecule has 0 aromatic carbocycles. The Hall–Kier alpha value is -0.610. The Labute approximate surface area is 113 Å². The molecule has 1 saturated carbocycles. The minimum Gasteiger partial charge on any atom is -0.309 e. The van der Waals surface area contributed by atoms with Crippen LogP contribution in [0.3, 0.4) is 0 Å². The van der Waals surface area contributed by atoms with Crippen molar-refractivity contribution < 1.29 is 0 Å². The average Bonchev–Trinajstić information content (AvgIpc) is 2.88. The quantitative estimate of drug-likeness (QED) is 0.811.